The molecule has 1 fully saturated rings. The maximum Gasteiger partial charge on any atom is 0.0122 e. The minimum absolute atomic E-state index is 0.490. The highest BCUT2D eigenvalue weighted by molar-refractivity contribution is 4.88. The fraction of sp³-hybridized carbons (Fsp3) is 1.00. The maximum atomic E-state index is 5.71. The Labute approximate surface area is 69.8 Å². The van der Waals surface area contributed by atoms with Gasteiger partial charge in [0.05, 0.1) is 0 Å². The van der Waals surface area contributed by atoms with Gasteiger partial charge in [0.2, 0.25) is 0 Å². The Morgan fingerprint density at radius 3 is 2.55 bits per heavy atom. The van der Waals surface area contributed by atoms with Gasteiger partial charge >= 0.3 is 0 Å². The van der Waals surface area contributed by atoms with Gasteiger partial charge in [0, 0.05) is 12.1 Å². The van der Waals surface area contributed by atoms with Gasteiger partial charge in [-0.1, -0.05) is 13.3 Å². The van der Waals surface area contributed by atoms with Crippen LogP contribution in [0.25, 0.3) is 0 Å². The summed E-state index contributed by atoms with van der Waals surface area (Å²) in [5.41, 5.74) is 5.71. The molecule has 0 spiro atoms. The molecule has 0 aromatic rings. The van der Waals surface area contributed by atoms with E-state index in [0.717, 1.165) is 6.04 Å². The first-order valence-corrected chi connectivity index (χ1v) is 4.70. The summed E-state index contributed by atoms with van der Waals surface area (Å²) < 4.78 is 0. The number of nitrogens with two attached hydrogens (primary N) is 1. The molecule has 1 aliphatic carbocycles. The van der Waals surface area contributed by atoms with Crippen molar-refractivity contribution in [2.75, 3.05) is 13.6 Å². The second-order valence-electron chi connectivity index (χ2n) is 3.72. The van der Waals surface area contributed by atoms with Gasteiger partial charge in [0.25, 0.3) is 0 Å². The SMILES string of the molecule is CCCCN(C)C1CC(N)C1. The van der Waals surface area contributed by atoms with Crippen molar-refractivity contribution in [3.05, 3.63) is 0 Å². The van der Waals surface area contributed by atoms with Crippen molar-refractivity contribution in [2.24, 2.45) is 5.73 Å². The molecule has 0 aromatic carbocycles. The first kappa shape index (κ1) is 9.01. The second-order valence-corrected chi connectivity index (χ2v) is 3.72. The quantitative estimate of drug-likeness (QED) is 0.663. The van der Waals surface area contributed by atoms with Crippen LogP contribution in [0.5, 0.6) is 0 Å². The largest absolute Gasteiger partial charge is 0.328 e. The Morgan fingerprint density at radius 1 is 1.45 bits per heavy atom. The Bertz CT molecular complexity index is 108. The third-order valence-corrected chi connectivity index (χ3v) is 2.64. The molecule has 1 saturated carbocycles. The summed E-state index contributed by atoms with van der Waals surface area (Å²) in [6, 6.07) is 1.28. The number of nitrogens with zero attached hydrogens (tertiary/aromatic N) is 1. The van der Waals surface area contributed by atoms with Crippen molar-refractivity contribution in [1.29, 1.82) is 0 Å². The topological polar surface area (TPSA) is 29.3 Å². The lowest BCUT2D eigenvalue weighted by atomic mass is 9.86. The summed E-state index contributed by atoms with van der Waals surface area (Å²) in [7, 11) is 2.21. The number of unbranched alkanes of at least 4 members (excludes halogenated alkanes) is 1. The molecule has 0 unspecified atom stereocenters. The normalized spacial score (nSPS) is 30.5. The number of rotatable bonds is 4. The summed E-state index contributed by atoms with van der Waals surface area (Å²) in [6.45, 7) is 3.48. The van der Waals surface area contributed by atoms with E-state index in [1.165, 1.54) is 32.2 Å². The van der Waals surface area contributed by atoms with Crippen molar-refractivity contribution in [2.45, 2.75) is 44.7 Å². The molecule has 0 bridgehead atoms. The molecular formula is C9H20N2. The molecule has 1 aliphatic rings. The van der Waals surface area contributed by atoms with Gasteiger partial charge in [0.15, 0.2) is 0 Å². The Kier molecular flexibility index (Phi) is 3.34. The lowest BCUT2D eigenvalue weighted by Crippen LogP contribution is -2.49. The molecular weight excluding hydrogens is 136 g/mol. The maximum absolute atomic E-state index is 5.71. The van der Waals surface area contributed by atoms with Crippen molar-refractivity contribution in [3.8, 4) is 0 Å². The van der Waals surface area contributed by atoms with E-state index in [4.69, 9.17) is 5.73 Å². The fourth-order valence-electron chi connectivity index (χ4n) is 1.58. The lowest BCUT2D eigenvalue weighted by Gasteiger charge is -2.39. The molecule has 1 rings (SSSR count). The molecule has 2 nitrogen and oxygen atoms in total. The fourth-order valence-corrected chi connectivity index (χ4v) is 1.58. The molecule has 2 heteroatoms. The van der Waals surface area contributed by atoms with E-state index < -0.39 is 0 Å². The zero-order valence-corrected chi connectivity index (χ0v) is 7.71. The average molecular weight is 156 g/mol. The molecule has 0 heterocycles. The summed E-state index contributed by atoms with van der Waals surface area (Å²) in [5, 5.41) is 0. The van der Waals surface area contributed by atoms with Gasteiger partial charge in [-0.3, -0.25) is 0 Å². The van der Waals surface area contributed by atoms with Crippen LogP contribution < -0.4 is 5.73 Å². The van der Waals surface area contributed by atoms with Crippen LogP contribution in [0, 0.1) is 0 Å². The standard InChI is InChI=1S/C9H20N2/c1-3-4-5-11(2)9-6-8(10)7-9/h8-9H,3-7,10H2,1-2H3. The third-order valence-electron chi connectivity index (χ3n) is 2.64. The van der Waals surface area contributed by atoms with Crippen LogP contribution in [0.1, 0.15) is 32.6 Å². The molecule has 2 N–H and O–H groups in total. The lowest BCUT2D eigenvalue weighted by molar-refractivity contribution is 0.137. The van der Waals surface area contributed by atoms with Crippen molar-refractivity contribution in [3.63, 3.8) is 0 Å². The van der Waals surface area contributed by atoms with Gasteiger partial charge in [-0.25, -0.2) is 0 Å². The van der Waals surface area contributed by atoms with Crippen LogP contribution in [-0.2, 0) is 0 Å². The van der Waals surface area contributed by atoms with Crippen LogP contribution in [0.15, 0.2) is 0 Å². The van der Waals surface area contributed by atoms with Crippen LogP contribution in [-0.4, -0.2) is 30.6 Å². The van der Waals surface area contributed by atoms with E-state index >= 15 is 0 Å². The third kappa shape index (κ3) is 2.46. The Morgan fingerprint density at radius 2 is 2.09 bits per heavy atom. The van der Waals surface area contributed by atoms with Gasteiger partial charge in [0.1, 0.15) is 0 Å². The van der Waals surface area contributed by atoms with Crippen molar-refractivity contribution < 1.29 is 0 Å². The van der Waals surface area contributed by atoms with Crippen molar-refractivity contribution in [1.82, 2.24) is 4.90 Å². The second kappa shape index (κ2) is 4.07. The van der Waals surface area contributed by atoms with Gasteiger partial charge in [-0.2, -0.15) is 0 Å². The van der Waals surface area contributed by atoms with E-state index in [1.54, 1.807) is 0 Å². The smallest absolute Gasteiger partial charge is 0.0122 e. The summed E-state index contributed by atoms with van der Waals surface area (Å²) in [6.07, 6.45) is 5.03. The molecule has 11 heavy (non-hydrogen) atoms. The molecule has 0 saturated heterocycles. The van der Waals surface area contributed by atoms with Crippen LogP contribution >= 0.6 is 0 Å². The van der Waals surface area contributed by atoms with Crippen LogP contribution in [0.4, 0.5) is 0 Å². The highest BCUT2D eigenvalue weighted by atomic mass is 15.1. The van der Waals surface area contributed by atoms with E-state index in [0.29, 0.717) is 6.04 Å². The Balaban J connectivity index is 2.06. The van der Waals surface area contributed by atoms with Gasteiger partial charge in [-0.05, 0) is 32.9 Å². The number of hydrogen-bond acceptors (Lipinski definition) is 2. The molecule has 66 valence electrons. The summed E-state index contributed by atoms with van der Waals surface area (Å²) >= 11 is 0. The first-order chi connectivity index (χ1) is 5.24. The predicted octanol–water partition coefficient (Wildman–Crippen LogP) is 1.21. The first-order valence-electron chi connectivity index (χ1n) is 4.70. The van der Waals surface area contributed by atoms with Crippen LogP contribution in [0.2, 0.25) is 0 Å². The molecule has 0 aliphatic heterocycles. The van der Waals surface area contributed by atoms with E-state index in [9.17, 15) is 0 Å². The van der Waals surface area contributed by atoms with E-state index in [-0.39, 0.29) is 0 Å². The Hall–Kier alpha value is -0.0800. The summed E-state index contributed by atoms with van der Waals surface area (Å²) in [4.78, 5) is 2.45. The zero-order valence-electron chi connectivity index (χ0n) is 7.71. The monoisotopic (exact) mass is 156 g/mol. The minimum atomic E-state index is 0.490. The minimum Gasteiger partial charge on any atom is -0.328 e. The zero-order chi connectivity index (χ0) is 8.27. The molecule has 0 radical (unpaired) electrons. The molecule has 0 amide bonds. The highest BCUT2D eigenvalue weighted by Crippen LogP contribution is 2.22. The molecule has 0 atom stereocenters. The van der Waals surface area contributed by atoms with Crippen LogP contribution in [0.3, 0.4) is 0 Å². The van der Waals surface area contributed by atoms with Gasteiger partial charge < -0.3 is 10.6 Å². The van der Waals surface area contributed by atoms with Crippen molar-refractivity contribution >= 4 is 0 Å². The van der Waals surface area contributed by atoms with E-state index in [1.807, 2.05) is 0 Å². The van der Waals surface area contributed by atoms with Gasteiger partial charge in [-0.15, -0.1) is 0 Å². The average Bonchev–Trinajstić information content (AvgIpc) is 1.94. The van der Waals surface area contributed by atoms with E-state index in [2.05, 4.69) is 18.9 Å². The summed E-state index contributed by atoms with van der Waals surface area (Å²) in [5.74, 6) is 0. The molecule has 0 aromatic heterocycles. The highest BCUT2D eigenvalue weighted by Gasteiger charge is 2.28. The predicted molar refractivity (Wildman–Crippen MR) is 48.5 cm³/mol. The number of hydrogen-bond donors (Lipinski definition) is 1.